The second-order valence-corrected chi connectivity index (χ2v) is 21.3. The molecule has 2 aliphatic rings. The molecule has 0 unspecified atom stereocenters. The van der Waals surface area contributed by atoms with Crippen molar-refractivity contribution in [2.45, 2.75) is 138 Å². The first kappa shape index (κ1) is 42.8. The molecule has 6 heteroatoms. The number of hydrogen-bond acceptors (Lipinski definition) is 4. The number of aryl methyl sites for hydroxylation is 2. The molecule has 1 aliphatic carbocycles. The maximum atomic E-state index is 14.9. The summed E-state index contributed by atoms with van der Waals surface area (Å²) in [5.74, 6) is 1.20. The summed E-state index contributed by atoms with van der Waals surface area (Å²) in [6.45, 7) is 33.2. The van der Waals surface area contributed by atoms with E-state index in [0.29, 0.717) is 22.6 Å². The number of fused-ring (bicyclic) bond motifs is 6. The van der Waals surface area contributed by atoms with Crippen molar-refractivity contribution in [1.82, 2.24) is 9.55 Å². The number of aromatic nitrogens is 2. The number of nitrogens with zero attached hydrogens (tertiary/aromatic N) is 3. The molecule has 59 heavy (non-hydrogen) atoms. The van der Waals surface area contributed by atoms with E-state index in [0.717, 1.165) is 39.6 Å². The van der Waals surface area contributed by atoms with Crippen molar-refractivity contribution >= 4 is 33.5 Å². The molecule has 0 saturated heterocycles. The van der Waals surface area contributed by atoms with E-state index in [2.05, 4.69) is 175 Å². The van der Waals surface area contributed by atoms with E-state index in [1.165, 1.54) is 33.4 Å². The summed E-state index contributed by atoms with van der Waals surface area (Å²) in [4.78, 5) is 25.3. The Balaban J connectivity index is 0.00000528. The normalized spacial score (nSPS) is 19.3. The molecule has 2 aromatic heterocycles. The molecule has 308 valence electrons. The molecule has 2 atom stereocenters. The Kier molecular flexibility index (Phi) is 10.0. The third-order valence-electron chi connectivity index (χ3n) is 13.1. The van der Waals surface area contributed by atoms with E-state index < -0.39 is 11.1 Å². The molecule has 0 spiro atoms. The topological polar surface area (TPSA) is 56.5 Å². The largest absolute Gasteiger partial charge is 2.00 e. The molecular weight excluding hydrogens is 906 g/mol. The molecule has 0 radical (unpaired) electrons. The van der Waals surface area contributed by atoms with Crippen LogP contribution in [0.1, 0.15) is 150 Å². The summed E-state index contributed by atoms with van der Waals surface area (Å²) in [6.07, 6.45) is 2.64. The van der Waals surface area contributed by atoms with Crippen molar-refractivity contribution < 1.29 is 30.6 Å². The van der Waals surface area contributed by atoms with Gasteiger partial charge in [-0.25, -0.2) is 4.98 Å². The van der Waals surface area contributed by atoms with Crippen LogP contribution in [0, 0.1) is 31.4 Å². The molecule has 4 aromatic carbocycles. The van der Waals surface area contributed by atoms with Gasteiger partial charge < -0.3 is 14.1 Å². The summed E-state index contributed by atoms with van der Waals surface area (Å²) in [5.41, 5.74) is 10.2. The molecule has 5 nitrogen and oxygen atoms in total. The number of ketones is 1. The first-order chi connectivity index (χ1) is 26.8. The van der Waals surface area contributed by atoms with Gasteiger partial charge in [0.05, 0.1) is 5.78 Å². The minimum Gasteiger partial charge on any atom is -0.501 e. The number of ether oxygens (including phenoxy) is 1. The smallest absolute Gasteiger partial charge is 0.501 e. The zero-order valence-corrected chi connectivity index (χ0v) is 39.9. The van der Waals surface area contributed by atoms with Crippen LogP contribution in [0.3, 0.4) is 0 Å². The van der Waals surface area contributed by atoms with Crippen LogP contribution < -0.4 is 0 Å². The Hall–Kier alpha value is -4.34. The molecule has 3 heterocycles. The van der Waals surface area contributed by atoms with Crippen LogP contribution in [0.4, 0.5) is 0 Å². The number of carbonyl (C=O) groups is 1. The summed E-state index contributed by atoms with van der Waals surface area (Å²) in [6, 6.07) is 30.8. The van der Waals surface area contributed by atoms with Crippen LogP contribution in [-0.2, 0) is 54.0 Å². The average Bonchev–Trinajstić information content (AvgIpc) is 3.71. The van der Waals surface area contributed by atoms with E-state index in [1.807, 2.05) is 18.3 Å². The molecular formula is C53H59N3O2Pt. The Morgan fingerprint density at radius 3 is 2.00 bits per heavy atom. The van der Waals surface area contributed by atoms with Gasteiger partial charge in [0.15, 0.2) is 0 Å². The van der Waals surface area contributed by atoms with Gasteiger partial charge in [-0.1, -0.05) is 124 Å². The van der Waals surface area contributed by atoms with Crippen molar-refractivity contribution in [2.75, 3.05) is 0 Å². The van der Waals surface area contributed by atoms with Gasteiger partial charge in [0.25, 0.3) is 0 Å². The van der Waals surface area contributed by atoms with E-state index in [9.17, 15) is 4.79 Å². The van der Waals surface area contributed by atoms with Crippen molar-refractivity contribution in [3.8, 4) is 5.82 Å². The van der Waals surface area contributed by atoms with Gasteiger partial charge in [-0.15, -0.1) is 47.5 Å². The van der Waals surface area contributed by atoms with Gasteiger partial charge in [0.2, 0.25) is 0 Å². The van der Waals surface area contributed by atoms with Crippen LogP contribution in [0.2, 0.25) is 0 Å². The minimum absolute atomic E-state index is 0. The number of aliphatic imine (C=N–C) groups is 1. The number of carbonyl (C=O) groups excluding carboxylic acids is 1. The van der Waals surface area contributed by atoms with Gasteiger partial charge in [-0.3, -0.25) is 4.99 Å². The predicted molar refractivity (Wildman–Crippen MR) is 239 cm³/mol. The van der Waals surface area contributed by atoms with Crippen LogP contribution in [0.15, 0.2) is 77.9 Å². The van der Waals surface area contributed by atoms with Crippen molar-refractivity contribution in [2.24, 2.45) is 10.4 Å². The Morgan fingerprint density at radius 2 is 1.36 bits per heavy atom. The number of pyridine rings is 1. The fourth-order valence-electron chi connectivity index (χ4n) is 9.25. The number of benzene rings is 4. The quantitative estimate of drug-likeness (QED) is 0.131. The van der Waals surface area contributed by atoms with Gasteiger partial charge in [-0.05, 0) is 99.5 Å². The van der Waals surface area contributed by atoms with E-state index >= 15 is 0 Å². The summed E-state index contributed by atoms with van der Waals surface area (Å²) >= 11 is 0. The molecule has 0 N–H and O–H groups in total. The SMILES string of the molecule is Cc1cc2c(cc1C)[C@@]1(C)N=C(c3[c-]c(C(=O)c4[c-]c5c(cc4)c4cc(C(C)(C)C)ccc4n5-c4cc(C(C)(C)C)ccn4)cc(C(C)(C)C)c3)O[C@@]1(C(C)(C)C)C2.[Pt+2]. The Labute approximate surface area is 366 Å². The van der Waals surface area contributed by atoms with Gasteiger partial charge in [-0.2, -0.15) is 0 Å². The zero-order chi connectivity index (χ0) is 42.1. The maximum Gasteiger partial charge on any atom is 2.00 e. The Morgan fingerprint density at radius 1 is 0.712 bits per heavy atom. The van der Waals surface area contributed by atoms with Crippen molar-refractivity contribution in [3.63, 3.8) is 0 Å². The molecule has 0 bridgehead atoms. The van der Waals surface area contributed by atoms with Gasteiger partial charge in [0, 0.05) is 23.5 Å². The third-order valence-corrected chi connectivity index (χ3v) is 13.1. The molecule has 6 aromatic rings. The van der Waals surface area contributed by atoms with Crippen LogP contribution in [0.5, 0.6) is 0 Å². The number of hydrogen-bond donors (Lipinski definition) is 0. The van der Waals surface area contributed by atoms with Crippen molar-refractivity contribution in [3.05, 3.63) is 141 Å². The van der Waals surface area contributed by atoms with Crippen molar-refractivity contribution in [1.29, 1.82) is 0 Å². The number of rotatable bonds is 4. The fraction of sp³-hybridized carbons (Fsp3) is 0.415. The maximum absolute atomic E-state index is 14.9. The monoisotopic (exact) mass is 964 g/mol. The summed E-state index contributed by atoms with van der Waals surface area (Å²) in [7, 11) is 0. The molecule has 0 fully saturated rings. The van der Waals surface area contributed by atoms with Crippen LogP contribution in [-0.4, -0.2) is 26.8 Å². The minimum atomic E-state index is -0.610. The second kappa shape index (κ2) is 13.8. The van der Waals surface area contributed by atoms with Gasteiger partial charge >= 0.3 is 21.1 Å². The molecule has 0 amide bonds. The van der Waals surface area contributed by atoms with E-state index in [1.54, 1.807) is 0 Å². The third kappa shape index (κ3) is 6.84. The zero-order valence-electron chi connectivity index (χ0n) is 37.6. The summed E-state index contributed by atoms with van der Waals surface area (Å²) < 4.78 is 9.37. The predicted octanol–water partition coefficient (Wildman–Crippen LogP) is 12.6. The fourth-order valence-corrected chi connectivity index (χ4v) is 9.25. The first-order valence-corrected chi connectivity index (χ1v) is 20.8. The van der Waals surface area contributed by atoms with Crippen LogP contribution >= 0.6 is 0 Å². The molecule has 0 saturated carbocycles. The van der Waals surface area contributed by atoms with Crippen LogP contribution in [0.25, 0.3) is 27.6 Å². The first-order valence-electron chi connectivity index (χ1n) is 20.8. The average molecular weight is 965 g/mol. The van der Waals surface area contributed by atoms with E-state index in [-0.39, 0.29) is 48.5 Å². The van der Waals surface area contributed by atoms with Gasteiger partial charge in [0.1, 0.15) is 22.9 Å². The molecule has 8 rings (SSSR count). The Bertz CT molecular complexity index is 2730. The summed E-state index contributed by atoms with van der Waals surface area (Å²) in [5, 5.41) is 2.14. The standard InChI is InChI=1S/C53H59N3O2.Pt/c1-31-22-36-30-53(51(12,13)14)52(15,42(36)23-32(31)2)55-47(58-53)35-24-34(25-39(26-35)50(9,10)11)46(57)33-16-18-40-41-28-37(48(3,4)5)17-19-43(41)56(44(40)27-33)45-29-38(20-21-54-45)49(6,7)8;/h16-23,25-26,28-29H,30H2,1-15H3;/q-2;+2/t52-,53-;/m1./s1. The molecule has 1 aliphatic heterocycles. The van der Waals surface area contributed by atoms with E-state index in [4.69, 9.17) is 14.7 Å². The second-order valence-electron chi connectivity index (χ2n) is 21.3.